The number of aliphatic hydroxyl groups excluding tert-OH is 1. The van der Waals surface area contributed by atoms with Gasteiger partial charge in [0.2, 0.25) is 0 Å². The van der Waals surface area contributed by atoms with E-state index >= 15 is 0 Å². The van der Waals surface area contributed by atoms with Gasteiger partial charge in [-0.2, -0.15) is 0 Å². The SMILES string of the molecule is COCOC(=O)CC[C@@H](C)[C@H]1CCC2C3C(C[C@H](C)[C@@]21C)[C@@]1(C)CCC(O)CC1C[C@H]3C. The average Bonchev–Trinajstić information content (AvgIpc) is 3.11. The van der Waals surface area contributed by atoms with Crippen molar-refractivity contribution in [2.45, 2.75) is 98.5 Å². The summed E-state index contributed by atoms with van der Waals surface area (Å²) in [5.74, 6) is 5.76. The first-order chi connectivity index (χ1) is 15.1. The van der Waals surface area contributed by atoms with Crippen LogP contribution in [-0.2, 0) is 14.3 Å². The number of hydrogen-bond donors (Lipinski definition) is 1. The second kappa shape index (κ2) is 9.21. The summed E-state index contributed by atoms with van der Waals surface area (Å²) in [6.07, 6.45) is 9.92. The molecule has 0 amide bonds. The fourth-order valence-electron chi connectivity index (χ4n) is 9.67. The molecule has 0 radical (unpaired) electrons. The maximum Gasteiger partial charge on any atom is 0.307 e. The van der Waals surface area contributed by atoms with Crippen molar-refractivity contribution < 1.29 is 19.4 Å². The lowest BCUT2D eigenvalue weighted by Crippen LogP contribution is -2.58. The predicted molar refractivity (Wildman–Crippen MR) is 127 cm³/mol. The fraction of sp³-hybridized carbons (Fsp3) is 0.964. The summed E-state index contributed by atoms with van der Waals surface area (Å²) < 4.78 is 10.0. The Hall–Kier alpha value is -0.610. The first kappa shape index (κ1) is 24.5. The van der Waals surface area contributed by atoms with E-state index in [1.165, 1.54) is 32.1 Å². The number of carbonyl (C=O) groups excluding carboxylic acids is 1. The molecular weight excluding hydrogens is 400 g/mol. The molecule has 4 nitrogen and oxygen atoms in total. The molecule has 0 aromatic heterocycles. The van der Waals surface area contributed by atoms with Gasteiger partial charge in [-0.05, 0) is 110 Å². The van der Waals surface area contributed by atoms with E-state index in [0.29, 0.717) is 35.0 Å². The summed E-state index contributed by atoms with van der Waals surface area (Å²) >= 11 is 0. The molecule has 0 aliphatic heterocycles. The first-order valence-electron chi connectivity index (χ1n) is 13.5. The highest BCUT2D eigenvalue weighted by Gasteiger charge is 2.64. The van der Waals surface area contributed by atoms with E-state index in [0.717, 1.165) is 48.9 Å². The largest absolute Gasteiger partial charge is 0.438 e. The minimum Gasteiger partial charge on any atom is -0.438 e. The number of carbonyl (C=O) groups is 1. The molecule has 4 fully saturated rings. The third kappa shape index (κ3) is 3.96. The molecule has 0 aromatic rings. The number of aliphatic hydroxyl groups is 1. The van der Waals surface area contributed by atoms with Gasteiger partial charge in [0.15, 0.2) is 6.79 Å². The second-order valence-electron chi connectivity index (χ2n) is 12.8. The van der Waals surface area contributed by atoms with Crippen molar-refractivity contribution >= 4 is 5.97 Å². The Labute approximate surface area is 196 Å². The molecule has 32 heavy (non-hydrogen) atoms. The minimum atomic E-state index is -0.130. The van der Waals surface area contributed by atoms with Gasteiger partial charge < -0.3 is 14.6 Å². The Balaban J connectivity index is 1.51. The summed E-state index contributed by atoms with van der Waals surface area (Å²) in [4.78, 5) is 12.1. The van der Waals surface area contributed by atoms with Crippen LogP contribution in [-0.4, -0.2) is 31.1 Å². The van der Waals surface area contributed by atoms with Gasteiger partial charge in [-0.1, -0.05) is 34.6 Å². The number of rotatable bonds is 6. The molecule has 11 atom stereocenters. The molecule has 1 N–H and O–H groups in total. The molecule has 0 aromatic carbocycles. The Morgan fingerprint density at radius 2 is 1.84 bits per heavy atom. The van der Waals surface area contributed by atoms with Crippen LogP contribution in [0.3, 0.4) is 0 Å². The lowest BCUT2D eigenvalue weighted by Gasteiger charge is -2.64. The molecule has 4 heteroatoms. The molecule has 4 rings (SSSR count). The van der Waals surface area contributed by atoms with Crippen LogP contribution in [0.5, 0.6) is 0 Å². The quantitative estimate of drug-likeness (QED) is 0.396. The van der Waals surface area contributed by atoms with Gasteiger partial charge in [0.05, 0.1) is 6.10 Å². The van der Waals surface area contributed by atoms with E-state index in [9.17, 15) is 9.90 Å². The van der Waals surface area contributed by atoms with Gasteiger partial charge in [-0.3, -0.25) is 4.79 Å². The lowest BCUT2D eigenvalue weighted by molar-refractivity contribution is -0.168. The number of methoxy groups -OCH3 is 1. The summed E-state index contributed by atoms with van der Waals surface area (Å²) in [7, 11) is 1.55. The minimum absolute atomic E-state index is 0.0607. The summed E-state index contributed by atoms with van der Waals surface area (Å²) in [6, 6.07) is 0. The Kier molecular flexibility index (Phi) is 7.05. The van der Waals surface area contributed by atoms with Gasteiger partial charge in [0, 0.05) is 13.5 Å². The molecule has 4 saturated carbocycles. The lowest BCUT2D eigenvalue weighted by atomic mass is 9.40. The van der Waals surface area contributed by atoms with Gasteiger partial charge in [0.25, 0.3) is 0 Å². The van der Waals surface area contributed by atoms with Crippen LogP contribution >= 0.6 is 0 Å². The van der Waals surface area contributed by atoms with Crippen molar-refractivity contribution in [1.82, 2.24) is 0 Å². The van der Waals surface area contributed by atoms with Crippen molar-refractivity contribution in [3.63, 3.8) is 0 Å². The number of hydrogen-bond acceptors (Lipinski definition) is 4. The van der Waals surface area contributed by atoms with Crippen LogP contribution in [0.4, 0.5) is 0 Å². The monoisotopic (exact) mass is 448 g/mol. The maximum atomic E-state index is 12.1. The van der Waals surface area contributed by atoms with Crippen molar-refractivity contribution in [3.8, 4) is 0 Å². The van der Waals surface area contributed by atoms with Gasteiger partial charge >= 0.3 is 5.97 Å². The normalized spacial score (nSPS) is 49.0. The van der Waals surface area contributed by atoms with Gasteiger partial charge in [-0.25, -0.2) is 0 Å². The first-order valence-corrected chi connectivity index (χ1v) is 13.5. The zero-order valence-corrected chi connectivity index (χ0v) is 21.4. The zero-order chi connectivity index (χ0) is 23.3. The highest BCUT2D eigenvalue weighted by atomic mass is 16.7. The second-order valence-corrected chi connectivity index (χ2v) is 12.8. The molecule has 184 valence electrons. The van der Waals surface area contributed by atoms with Gasteiger partial charge in [-0.15, -0.1) is 0 Å². The Morgan fingerprint density at radius 1 is 1.09 bits per heavy atom. The van der Waals surface area contributed by atoms with Crippen LogP contribution in [0, 0.1) is 58.2 Å². The van der Waals surface area contributed by atoms with E-state index in [-0.39, 0.29) is 18.9 Å². The Morgan fingerprint density at radius 3 is 2.56 bits per heavy atom. The molecule has 4 aliphatic rings. The van der Waals surface area contributed by atoms with E-state index in [2.05, 4.69) is 34.6 Å². The van der Waals surface area contributed by atoms with Crippen molar-refractivity contribution in [2.24, 2.45) is 58.2 Å². The summed E-state index contributed by atoms with van der Waals surface area (Å²) in [6.45, 7) is 12.7. The molecule has 5 unspecified atom stereocenters. The third-order valence-electron chi connectivity index (χ3n) is 11.5. The van der Waals surface area contributed by atoms with E-state index in [4.69, 9.17) is 9.47 Å². The van der Waals surface area contributed by atoms with Gasteiger partial charge in [0.1, 0.15) is 0 Å². The predicted octanol–water partition coefficient (Wildman–Crippen LogP) is 6.06. The molecular formula is C28H48O4. The van der Waals surface area contributed by atoms with Crippen LogP contribution in [0.15, 0.2) is 0 Å². The van der Waals surface area contributed by atoms with Crippen molar-refractivity contribution in [2.75, 3.05) is 13.9 Å². The summed E-state index contributed by atoms with van der Waals surface area (Å²) in [5, 5.41) is 10.4. The van der Waals surface area contributed by atoms with Crippen molar-refractivity contribution in [3.05, 3.63) is 0 Å². The highest BCUT2D eigenvalue weighted by Crippen LogP contribution is 2.70. The fourth-order valence-corrected chi connectivity index (χ4v) is 9.67. The highest BCUT2D eigenvalue weighted by molar-refractivity contribution is 5.69. The van der Waals surface area contributed by atoms with Crippen LogP contribution < -0.4 is 0 Å². The topological polar surface area (TPSA) is 55.8 Å². The third-order valence-corrected chi connectivity index (χ3v) is 11.5. The van der Waals surface area contributed by atoms with E-state index < -0.39 is 0 Å². The van der Waals surface area contributed by atoms with E-state index in [1.807, 2.05) is 0 Å². The van der Waals surface area contributed by atoms with Crippen LogP contribution in [0.2, 0.25) is 0 Å². The zero-order valence-electron chi connectivity index (χ0n) is 21.4. The van der Waals surface area contributed by atoms with Crippen LogP contribution in [0.1, 0.15) is 92.4 Å². The average molecular weight is 449 g/mol. The molecule has 0 heterocycles. The number of ether oxygens (including phenoxy) is 2. The molecule has 0 saturated heterocycles. The Bertz CT molecular complexity index is 678. The number of esters is 1. The maximum absolute atomic E-state index is 12.1. The molecule has 4 aliphatic carbocycles. The molecule has 0 bridgehead atoms. The van der Waals surface area contributed by atoms with Crippen LogP contribution in [0.25, 0.3) is 0 Å². The number of fused-ring (bicyclic) bond motifs is 5. The summed E-state index contributed by atoms with van der Waals surface area (Å²) in [5.41, 5.74) is 0.795. The standard InChI is InChI=1S/C28H48O4/c1-17(7-10-25(30)32-16-31-6)22-8-9-23-26-18(2)13-20-15-21(29)11-12-27(20,4)24(26)14-19(3)28(22,23)5/h17-24,26,29H,7-16H2,1-6H3/t17-,18-,19+,20?,21?,22-,23?,24?,26?,27+,28-/m1/s1. The van der Waals surface area contributed by atoms with E-state index in [1.54, 1.807) is 7.11 Å². The molecule has 0 spiro atoms. The van der Waals surface area contributed by atoms with Crippen molar-refractivity contribution in [1.29, 1.82) is 0 Å². The smallest absolute Gasteiger partial charge is 0.307 e.